The van der Waals surface area contributed by atoms with Crippen LogP contribution >= 0.6 is 15.9 Å². The second-order valence-electron chi connectivity index (χ2n) is 2.55. The van der Waals surface area contributed by atoms with Crippen molar-refractivity contribution < 1.29 is 4.73 Å². The average Bonchev–Trinajstić information content (AvgIpc) is 2.07. The Morgan fingerprint density at radius 2 is 1.83 bits per heavy atom. The minimum atomic E-state index is 0.543. The van der Waals surface area contributed by atoms with Gasteiger partial charge in [-0.2, -0.15) is 4.73 Å². The molecule has 1 aromatic heterocycles. The van der Waals surface area contributed by atoms with Crippen LogP contribution in [0, 0.1) is 5.21 Å². The Balaban J connectivity index is 2.84. The molecule has 2 aromatic rings. The monoisotopic (exact) mass is 223 g/mol. The molecule has 3 heteroatoms. The van der Waals surface area contributed by atoms with Crippen LogP contribution in [0.25, 0.3) is 10.8 Å². The minimum Gasteiger partial charge on any atom is -0.618 e. The van der Waals surface area contributed by atoms with Crippen LogP contribution in [-0.4, -0.2) is 0 Å². The van der Waals surface area contributed by atoms with E-state index in [0.29, 0.717) is 4.60 Å². The molecule has 0 unspecified atom stereocenters. The van der Waals surface area contributed by atoms with Crippen molar-refractivity contribution in [3.05, 3.63) is 46.3 Å². The van der Waals surface area contributed by atoms with Gasteiger partial charge in [0.25, 0.3) is 4.60 Å². The van der Waals surface area contributed by atoms with Crippen molar-refractivity contribution >= 4 is 26.7 Å². The van der Waals surface area contributed by atoms with Crippen molar-refractivity contribution in [3.8, 4) is 0 Å². The molecule has 12 heavy (non-hydrogen) atoms. The van der Waals surface area contributed by atoms with Gasteiger partial charge >= 0.3 is 0 Å². The summed E-state index contributed by atoms with van der Waals surface area (Å²) in [6.07, 6.45) is 1.55. The van der Waals surface area contributed by atoms with Crippen LogP contribution in [0.2, 0.25) is 0 Å². The average molecular weight is 224 g/mol. The number of halogens is 1. The van der Waals surface area contributed by atoms with Gasteiger partial charge in [-0.25, -0.2) is 0 Å². The zero-order chi connectivity index (χ0) is 8.55. The number of rotatable bonds is 0. The van der Waals surface area contributed by atoms with Gasteiger partial charge in [-0.05, 0) is 11.5 Å². The molecule has 0 radical (unpaired) electrons. The topological polar surface area (TPSA) is 26.9 Å². The van der Waals surface area contributed by atoms with Gasteiger partial charge in [0.15, 0.2) is 6.20 Å². The van der Waals surface area contributed by atoms with Crippen LogP contribution in [-0.2, 0) is 0 Å². The Kier molecular flexibility index (Phi) is 1.73. The standard InChI is InChI=1S/C9H6BrNO/c10-9-5-7-3-1-2-4-8(7)6-11(9)12/h1-6H. The van der Waals surface area contributed by atoms with E-state index in [4.69, 9.17) is 0 Å². The predicted octanol–water partition coefficient (Wildman–Crippen LogP) is 2.24. The highest BCUT2D eigenvalue weighted by molar-refractivity contribution is 9.10. The summed E-state index contributed by atoms with van der Waals surface area (Å²) >= 11 is 3.17. The van der Waals surface area contributed by atoms with E-state index >= 15 is 0 Å². The lowest BCUT2D eigenvalue weighted by Gasteiger charge is -2.00. The molecule has 0 N–H and O–H groups in total. The minimum absolute atomic E-state index is 0.543. The summed E-state index contributed by atoms with van der Waals surface area (Å²) in [5, 5.41) is 13.1. The number of fused-ring (bicyclic) bond motifs is 1. The maximum Gasteiger partial charge on any atom is 0.259 e. The lowest BCUT2D eigenvalue weighted by molar-refractivity contribution is -0.615. The summed E-state index contributed by atoms with van der Waals surface area (Å²) < 4.78 is 1.35. The molecule has 0 spiro atoms. The van der Waals surface area contributed by atoms with E-state index in [1.807, 2.05) is 30.3 Å². The van der Waals surface area contributed by atoms with E-state index in [2.05, 4.69) is 15.9 Å². The SMILES string of the molecule is [O-][n+]1cc2ccccc2cc1Br. The predicted molar refractivity (Wildman–Crippen MR) is 50.6 cm³/mol. The number of pyridine rings is 1. The number of hydrogen-bond donors (Lipinski definition) is 0. The second-order valence-corrected chi connectivity index (χ2v) is 3.36. The number of hydrogen-bond acceptors (Lipinski definition) is 1. The molecule has 0 fully saturated rings. The van der Waals surface area contributed by atoms with E-state index in [9.17, 15) is 5.21 Å². The van der Waals surface area contributed by atoms with E-state index in [1.165, 1.54) is 0 Å². The van der Waals surface area contributed by atoms with Gasteiger partial charge in [0.1, 0.15) is 0 Å². The zero-order valence-corrected chi connectivity index (χ0v) is 7.78. The Morgan fingerprint density at radius 1 is 1.17 bits per heavy atom. The molecule has 0 saturated carbocycles. The Bertz CT molecular complexity index is 387. The van der Waals surface area contributed by atoms with Crippen molar-refractivity contribution in [2.45, 2.75) is 0 Å². The Hall–Kier alpha value is -1.09. The molecule has 0 saturated heterocycles. The molecule has 1 heterocycles. The van der Waals surface area contributed by atoms with Crippen LogP contribution in [0.1, 0.15) is 0 Å². The van der Waals surface area contributed by atoms with Gasteiger partial charge in [0.2, 0.25) is 0 Å². The molecule has 2 nitrogen and oxygen atoms in total. The first-order valence-corrected chi connectivity index (χ1v) is 4.34. The van der Waals surface area contributed by atoms with E-state index in [0.717, 1.165) is 15.5 Å². The molecule has 0 amide bonds. The number of nitrogens with zero attached hydrogens (tertiary/aromatic N) is 1. The maximum atomic E-state index is 11.1. The molecule has 1 aromatic carbocycles. The van der Waals surface area contributed by atoms with Crippen LogP contribution in [0.15, 0.2) is 41.1 Å². The van der Waals surface area contributed by atoms with E-state index in [-0.39, 0.29) is 0 Å². The fourth-order valence-corrected chi connectivity index (χ4v) is 1.49. The van der Waals surface area contributed by atoms with Crippen LogP contribution in [0.5, 0.6) is 0 Å². The van der Waals surface area contributed by atoms with Crippen LogP contribution < -0.4 is 4.73 Å². The third-order valence-electron chi connectivity index (χ3n) is 1.74. The summed E-state index contributed by atoms with van der Waals surface area (Å²) in [5.74, 6) is 0. The smallest absolute Gasteiger partial charge is 0.259 e. The number of aromatic nitrogens is 1. The zero-order valence-electron chi connectivity index (χ0n) is 6.20. The molecule has 2 rings (SSSR count). The Morgan fingerprint density at radius 3 is 2.58 bits per heavy atom. The van der Waals surface area contributed by atoms with E-state index < -0.39 is 0 Å². The van der Waals surface area contributed by atoms with Crippen molar-refractivity contribution in [1.29, 1.82) is 0 Å². The fourth-order valence-electron chi connectivity index (χ4n) is 1.14. The van der Waals surface area contributed by atoms with Gasteiger partial charge in [-0.1, -0.05) is 18.2 Å². The molecule has 0 atom stereocenters. The summed E-state index contributed by atoms with van der Waals surface area (Å²) in [4.78, 5) is 0. The highest BCUT2D eigenvalue weighted by Gasteiger charge is 2.02. The van der Waals surface area contributed by atoms with Gasteiger partial charge in [-0.3, -0.25) is 0 Å². The lowest BCUT2D eigenvalue weighted by atomic mass is 10.2. The third-order valence-corrected chi connectivity index (χ3v) is 2.32. The highest BCUT2D eigenvalue weighted by atomic mass is 79.9. The van der Waals surface area contributed by atoms with Gasteiger partial charge in [0, 0.05) is 27.4 Å². The first-order valence-electron chi connectivity index (χ1n) is 3.55. The molecular weight excluding hydrogens is 218 g/mol. The van der Waals surface area contributed by atoms with Crippen molar-refractivity contribution in [3.63, 3.8) is 0 Å². The fraction of sp³-hybridized carbons (Fsp3) is 0. The molecular formula is C9H6BrNO. The summed E-state index contributed by atoms with van der Waals surface area (Å²) in [6, 6.07) is 9.55. The third kappa shape index (κ3) is 1.16. The molecule has 0 bridgehead atoms. The largest absolute Gasteiger partial charge is 0.618 e. The van der Waals surface area contributed by atoms with Crippen molar-refractivity contribution in [2.75, 3.05) is 0 Å². The molecule has 0 aliphatic carbocycles. The number of benzene rings is 1. The highest BCUT2D eigenvalue weighted by Crippen LogP contribution is 2.14. The second kappa shape index (κ2) is 2.75. The summed E-state index contributed by atoms with van der Waals surface area (Å²) in [5.41, 5.74) is 0. The summed E-state index contributed by atoms with van der Waals surface area (Å²) in [6.45, 7) is 0. The van der Waals surface area contributed by atoms with Crippen LogP contribution in [0.3, 0.4) is 0 Å². The molecule has 0 aliphatic rings. The Labute approximate surface area is 78.2 Å². The van der Waals surface area contributed by atoms with E-state index in [1.54, 1.807) is 6.20 Å². The quantitative estimate of drug-likeness (QED) is 0.383. The van der Waals surface area contributed by atoms with Gasteiger partial charge in [-0.15, -0.1) is 0 Å². The van der Waals surface area contributed by atoms with Crippen molar-refractivity contribution in [1.82, 2.24) is 0 Å². The first kappa shape index (κ1) is 7.55. The van der Waals surface area contributed by atoms with Gasteiger partial charge in [0.05, 0.1) is 0 Å². The molecule has 0 aliphatic heterocycles. The maximum absolute atomic E-state index is 11.1. The van der Waals surface area contributed by atoms with Gasteiger partial charge < -0.3 is 5.21 Å². The van der Waals surface area contributed by atoms with Crippen molar-refractivity contribution in [2.24, 2.45) is 0 Å². The first-order chi connectivity index (χ1) is 5.77. The summed E-state index contributed by atoms with van der Waals surface area (Å²) in [7, 11) is 0. The lowest BCUT2D eigenvalue weighted by Crippen LogP contribution is -2.26. The molecule has 60 valence electrons. The van der Waals surface area contributed by atoms with Crippen LogP contribution in [0.4, 0.5) is 0 Å². The normalized spacial score (nSPS) is 10.4.